The van der Waals surface area contributed by atoms with Crippen LogP contribution in [-0.4, -0.2) is 40.3 Å². The van der Waals surface area contributed by atoms with Crippen LogP contribution in [0, 0.1) is 20.8 Å². The fourth-order valence-electron chi connectivity index (χ4n) is 5.39. The molecule has 0 saturated heterocycles. The summed E-state index contributed by atoms with van der Waals surface area (Å²) in [4.78, 5) is 30.0. The molecule has 0 spiro atoms. The van der Waals surface area contributed by atoms with Gasteiger partial charge in [0.1, 0.15) is 12.6 Å². The first kappa shape index (κ1) is 25.8. The van der Waals surface area contributed by atoms with Gasteiger partial charge in [0.2, 0.25) is 12.0 Å². The second kappa shape index (κ2) is 10.9. The average molecular weight is 517 g/mol. The molecule has 1 aliphatic heterocycles. The van der Waals surface area contributed by atoms with Crippen LogP contribution in [0.5, 0.6) is 11.5 Å². The Morgan fingerprint density at radius 3 is 2.45 bits per heavy atom. The number of nitrogens with one attached hydrogen (secondary N) is 1. The summed E-state index contributed by atoms with van der Waals surface area (Å²) in [6, 6.07) is 12.3. The van der Waals surface area contributed by atoms with Gasteiger partial charge in [0.05, 0.1) is 5.69 Å². The van der Waals surface area contributed by atoms with E-state index in [1.807, 2.05) is 70.4 Å². The number of carbonyl (C=O) groups excluding carboxylic acids is 2. The number of aryl methyl sites for hydroxylation is 4. The van der Waals surface area contributed by atoms with Gasteiger partial charge in [-0.3, -0.25) is 19.2 Å². The van der Waals surface area contributed by atoms with Gasteiger partial charge in [-0.25, -0.2) is 0 Å². The molecule has 200 valence electrons. The first-order valence-electron chi connectivity index (χ1n) is 13.4. The minimum Gasteiger partial charge on any atom is -0.485 e. The van der Waals surface area contributed by atoms with Gasteiger partial charge in [0.25, 0.3) is 5.91 Å². The number of rotatable bonds is 6. The molecule has 8 heteroatoms. The number of anilines is 1. The van der Waals surface area contributed by atoms with E-state index in [2.05, 4.69) is 10.4 Å². The number of ether oxygens (including phenoxy) is 2. The topological polar surface area (TPSA) is 85.7 Å². The maximum atomic E-state index is 14.3. The highest BCUT2D eigenvalue weighted by Crippen LogP contribution is 2.35. The van der Waals surface area contributed by atoms with E-state index >= 15 is 0 Å². The number of para-hydroxylation sites is 2. The monoisotopic (exact) mass is 516 g/mol. The maximum Gasteiger partial charge on any atom is 0.272 e. The molecule has 2 aromatic carbocycles. The third-order valence-electron chi connectivity index (χ3n) is 7.59. The Labute approximate surface area is 223 Å². The van der Waals surface area contributed by atoms with Crippen LogP contribution in [0.3, 0.4) is 0 Å². The van der Waals surface area contributed by atoms with Gasteiger partial charge >= 0.3 is 0 Å². The van der Waals surface area contributed by atoms with Gasteiger partial charge in [-0.2, -0.15) is 5.10 Å². The normalized spacial score (nSPS) is 18.1. The first-order chi connectivity index (χ1) is 18.3. The standard InChI is InChI=1S/C30H36N4O4/c1-19-14-15-23(16-20(19)2)34(30(36)27-18-37-25-12-8-9-13-26(25)38-27)28(24-17-33(4)32-21(24)3)29(35)31-22-10-6-5-7-11-22/h8-9,12-17,22,27-28H,5-7,10-11,18H2,1-4H3,(H,31,35). The molecule has 2 atom stereocenters. The van der Waals surface area contributed by atoms with Crippen molar-refractivity contribution in [3.63, 3.8) is 0 Å². The molecule has 5 rings (SSSR count). The minimum absolute atomic E-state index is 0.0557. The van der Waals surface area contributed by atoms with Crippen molar-refractivity contribution in [2.24, 2.45) is 7.05 Å². The van der Waals surface area contributed by atoms with E-state index < -0.39 is 12.1 Å². The zero-order chi connectivity index (χ0) is 26.8. The summed E-state index contributed by atoms with van der Waals surface area (Å²) in [5.74, 6) is 0.563. The molecular weight excluding hydrogens is 480 g/mol. The van der Waals surface area contributed by atoms with Crippen LogP contribution < -0.4 is 19.7 Å². The molecule has 8 nitrogen and oxygen atoms in total. The van der Waals surface area contributed by atoms with Gasteiger partial charge in [-0.05, 0) is 69.0 Å². The van der Waals surface area contributed by atoms with E-state index in [0.717, 1.165) is 36.8 Å². The first-order valence-corrected chi connectivity index (χ1v) is 13.4. The fourth-order valence-corrected chi connectivity index (χ4v) is 5.39. The molecule has 3 aromatic rings. The molecule has 1 N–H and O–H groups in total. The molecule has 2 amide bonds. The number of carbonyl (C=O) groups is 2. The quantitative estimate of drug-likeness (QED) is 0.513. The second-order valence-corrected chi connectivity index (χ2v) is 10.4. The lowest BCUT2D eigenvalue weighted by atomic mass is 9.94. The van der Waals surface area contributed by atoms with Gasteiger partial charge < -0.3 is 14.8 Å². The third-order valence-corrected chi connectivity index (χ3v) is 7.59. The fraction of sp³-hybridized carbons (Fsp3) is 0.433. The van der Waals surface area contributed by atoms with Crippen molar-refractivity contribution in [3.05, 3.63) is 71.0 Å². The van der Waals surface area contributed by atoms with E-state index in [0.29, 0.717) is 28.4 Å². The maximum absolute atomic E-state index is 14.3. The summed E-state index contributed by atoms with van der Waals surface area (Å²) in [6.07, 6.45) is 6.17. The van der Waals surface area contributed by atoms with E-state index in [4.69, 9.17) is 9.47 Å². The Morgan fingerprint density at radius 1 is 1.03 bits per heavy atom. The van der Waals surface area contributed by atoms with Crippen LogP contribution in [0.25, 0.3) is 0 Å². The number of benzene rings is 2. The SMILES string of the molecule is Cc1ccc(N(C(=O)C2COc3ccccc3O2)C(C(=O)NC2CCCCC2)c2cn(C)nc2C)cc1C. The lowest BCUT2D eigenvalue weighted by Gasteiger charge is -2.36. The van der Waals surface area contributed by atoms with Gasteiger partial charge in [0.15, 0.2) is 11.5 Å². The lowest BCUT2D eigenvalue weighted by Crippen LogP contribution is -2.52. The van der Waals surface area contributed by atoms with Crippen molar-refractivity contribution < 1.29 is 19.1 Å². The minimum atomic E-state index is -0.916. The highest BCUT2D eigenvalue weighted by Gasteiger charge is 2.41. The molecule has 1 aromatic heterocycles. The number of amides is 2. The van der Waals surface area contributed by atoms with Crippen molar-refractivity contribution in [2.45, 2.75) is 71.1 Å². The van der Waals surface area contributed by atoms with Crippen LogP contribution in [0.4, 0.5) is 5.69 Å². The number of aromatic nitrogens is 2. The summed E-state index contributed by atoms with van der Waals surface area (Å²) in [6.45, 7) is 5.96. The predicted molar refractivity (Wildman–Crippen MR) is 145 cm³/mol. The molecule has 2 unspecified atom stereocenters. The summed E-state index contributed by atoms with van der Waals surface area (Å²) < 4.78 is 13.7. The van der Waals surface area contributed by atoms with Crippen LogP contribution in [-0.2, 0) is 16.6 Å². The highest BCUT2D eigenvalue weighted by molar-refractivity contribution is 6.04. The average Bonchev–Trinajstić information content (AvgIpc) is 3.25. The zero-order valence-corrected chi connectivity index (χ0v) is 22.6. The van der Waals surface area contributed by atoms with E-state index in [1.54, 1.807) is 15.6 Å². The van der Waals surface area contributed by atoms with Crippen molar-refractivity contribution in [2.75, 3.05) is 11.5 Å². The summed E-state index contributed by atoms with van der Waals surface area (Å²) in [5.41, 5.74) is 4.15. The number of hydrogen-bond donors (Lipinski definition) is 1. The number of hydrogen-bond acceptors (Lipinski definition) is 5. The van der Waals surface area contributed by atoms with Crippen molar-refractivity contribution >= 4 is 17.5 Å². The van der Waals surface area contributed by atoms with E-state index in [9.17, 15) is 9.59 Å². The molecule has 38 heavy (non-hydrogen) atoms. The molecular formula is C30H36N4O4. The molecule has 2 heterocycles. The Bertz CT molecular complexity index is 1330. The van der Waals surface area contributed by atoms with Crippen molar-refractivity contribution in [1.29, 1.82) is 0 Å². The van der Waals surface area contributed by atoms with Crippen molar-refractivity contribution in [1.82, 2.24) is 15.1 Å². The third kappa shape index (κ3) is 5.26. The van der Waals surface area contributed by atoms with Gasteiger partial charge in [0, 0.05) is 30.5 Å². The Kier molecular flexibility index (Phi) is 7.40. The molecule has 2 aliphatic rings. The number of nitrogens with zero attached hydrogens (tertiary/aromatic N) is 3. The van der Waals surface area contributed by atoms with E-state index in [-0.39, 0.29) is 24.5 Å². The largest absolute Gasteiger partial charge is 0.485 e. The van der Waals surface area contributed by atoms with Gasteiger partial charge in [-0.15, -0.1) is 0 Å². The van der Waals surface area contributed by atoms with E-state index in [1.165, 1.54) is 6.42 Å². The summed E-state index contributed by atoms with van der Waals surface area (Å²) >= 11 is 0. The van der Waals surface area contributed by atoms with Crippen LogP contribution in [0.2, 0.25) is 0 Å². The Hall–Kier alpha value is -3.81. The molecule has 1 saturated carbocycles. The summed E-state index contributed by atoms with van der Waals surface area (Å²) in [7, 11) is 1.82. The zero-order valence-electron chi connectivity index (χ0n) is 22.6. The Balaban J connectivity index is 1.58. The molecule has 0 radical (unpaired) electrons. The smallest absolute Gasteiger partial charge is 0.272 e. The Morgan fingerprint density at radius 2 is 1.76 bits per heavy atom. The summed E-state index contributed by atoms with van der Waals surface area (Å²) in [5, 5.41) is 7.77. The van der Waals surface area contributed by atoms with Gasteiger partial charge in [-0.1, -0.05) is 37.5 Å². The highest BCUT2D eigenvalue weighted by atomic mass is 16.6. The molecule has 1 fully saturated rings. The lowest BCUT2D eigenvalue weighted by molar-refractivity contribution is -0.132. The number of fused-ring (bicyclic) bond motifs is 1. The molecule has 0 bridgehead atoms. The predicted octanol–water partition coefficient (Wildman–Crippen LogP) is 4.71. The second-order valence-electron chi connectivity index (χ2n) is 10.4. The van der Waals surface area contributed by atoms with Crippen LogP contribution >= 0.6 is 0 Å². The van der Waals surface area contributed by atoms with Crippen LogP contribution in [0.15, 0.2) is 48.7 Å². The van der Waals surface area contributed by atoms with Crippen LogP contribution in [0.1, 0.15) is 60.5 Å². The van der Waals surface area contributed by atoms with Crippen molar-refractivity contribution in [3.8, 4) is 11.5 Å². The molecule has 1 aliphatic carbocycles.